The number of benzene rings is 1. The molecule has 0 saturated carbocycles. The first-order valence-electron chi connectivity index (χ1n) is 7.20. The van der Waals surface area contributed by atoms with E-state index < -0.39 is 22.3 Å². The van der Waals surface area contributed by atoms with Crippen LogP contribution in [0.1, 0.15) is 29.8 Å². The Hall–Kier alpha value is -3.03. The maximum absolute atomic E-state index is 13.8. The molecule has 0 spiro atoms. The number of carbonyl (C=O) groups excluding carboxylic acids is 1. The van der Waals surface area contributed by atoms with Crippen LogP contribution in [0.4, 0.5) is 10.1 Å². The van der Waals surface area contributed by atoms with E-state index in [-0.39, 0.29) is 18.2 Å². The second-order valence-electron chi connectivity index (χ2n) is 5.27. The van der Waals surface area contributed by atoms with Gasteiger partial charge in [-0.25, -0.2) is 9.37 Å². The smallest absolute Gasteiger partial charge is 0.272 e. The summed E-state index contributed by atoms with van der Waals surface area (Å²) in [5, 5.41) is 13.1. The molecule has 1 aromatic carbocycles. The normalized spacial score (nSPS) is 10.5. The SMILES string of the molecule is CC(C)Oc1cc(CNC(=O)c2ccc([N+](=O)[O-])cc2F)ccn1. The molecule has 0 saturated heterocycles. The van der Waals surface area contributed by atoms with Crippen molar-refractivity contribution in [1.82, 2.24) is 10.3 Å². The van der Waals surface area contributed by atoms with Gasteiger partial charge in [-0.2, -0.15) is 0 Å². The van der Waals surface area contributed by atoms with E-state index in [1.54, 1.807) is 18.3 Å². The van der Waals surface area contributed by atoms with Crippen LogP contribution in [0.2, 0.25) is 0 Å². The van der Waals surface area contributed by atoms with Crippen molar-refractivity contribution in [2.75, 3.05) is 0 Å². The summed E-state index contributed by atoms with van der Waals surface area (Å²) in [5.74, 6) is -1.18. The number of nitrogens with one attached hydrogen (secondary N) is 1. The molecule has 0 aliphatic rings. The number of carbonyl (C=O) groups is 1. The van der Waals surface area contributed by atoms with Crippen LogP contribution >= 0.6 is 0 Å². The molecule has 0 aliphatic carbocycles. The number of nitro groups is 1. The van der Waals surface area contributed by atoms with Gasteiger partial charge in [0.25, 0.3) is 11.6 Å². The predicted octanol–water partition coefficient (Wildman–Crippen LogP) is 2.85. The first-order chi connectivity index (χ1) is 11.4. The maximum atomic E-state index is 13.8. The summed E-state index contributed by atoms with van der Waals surface area (Å²) < 4.78 is 19.3. The van der Waals surface area contributed by atoms with Crippen molar-refractivity contribution >= 4 is 11.6 Å². The number of halogens is 1. The van der Waals surface area contributed by atoms with Crippen molar-refractivity contribution in [2.24, 2.45) is 0 Å². The highest BCUT2D eigenvalue weighted by atomic mass is 19.1. The Kier molecular flexibility index (Phi) is 5.41. The number of hydrogen-bond acceptors (Lipinski definition) is 5. The number of amides is 1. The van der Waals surface area contributed by atoms with E-state index in [0.717, 1.165) is 23.8 Å². The van der Waals surface area contributed by atoms with Crippen molar-refractivity contribution < 1.29 is 18.8 Å². The minimum absolute atomic E-state index is 0.0310. The molecule has 0 atom stereocenters. The standard InChI is InChI=1S/C16H16FN3O4/c1-10(2)24-15-7-11(5-6-18-15)9-19-16(21)13-4-3-12(20(22)23)8-14(13)17/h3-8,10H,9H2,1-2H3,(H,19,21). The molecule has 2 rings (SSSR count). The van der Waals surface area contributed by atoms with Gasteiger partial charge in [0, 0.05) is 24.9 Å². The fraction of sp³-hybridized carbons (Fsp3) is 0.250. The van der Waals surface area contributed by atoms with Crippen molar-refractivity contribution in [1.29, 1.82) is 0 Å². The fourth-order valence-electron chi connectivity index (χ4n) is 1.95. The van der Waals surface area contributed by atoms with Crippen molar-refractivity contribution in [3.63, 3.8) is 0 Å². The number of ether oxygens (including phenoxy) is 1. The number of aromatic nitrogens is 1. The molecule has 1 amide bonds. The Bertz CT molecular complexity index is 765. The van der Waals surface area contributed by atoms with Crippen LogP contribution in [-0.4, -0.2) is 21.9 Å². The predicted molar refractivity (Wildman–Crippen MR) is 84.2 cm³/mol. The maximum Gasteiger partial charge on any atom is 0.272 e. The van der Waals surface area contributed by atoms with Crippen LogP contribution in [0.15, 0.2) is 36.5 Å². The van der Waals surface area contributed by atoms with Crippen molar-refractivity contribution in [2.45, 2.75) is 26.5 Å². The number of non-ortho nitro benzene ring substituents is 1. The number of nitrogens with zero attached hydrogens (tertiary/aromatic N) is 2. The zero-order chi connectivity index (χ0) is 17.7. The summed E-state index contributed by atoms with van der Waals surface area (Å²) in [6.07, 6.45) is 1.52. The van der Waals surface area contributed by atoms with Crippen LogP contribution in [0.5, 0.6) is 5.88 Å². The van der Waals surface area contributed by atoms with E-state index >= 15 is 0 Å². The van der Waals surface area contributed by atoms with Gasteiger partial charge in [-0.3, -0.25) is 14.9 Å². The molecular formula is C16H16FN3O4. The van der Waals surface area contributed by atoms with Gasteiger partial charge in [0.05, 0.1) is 22.7 Å². The van der Waals surface area contributed by atoms with Gasteiger partial charge in [0.1, 0.15) is 5.82 Å². The molecule has 1 aromatic heterocycles. The monoisotopic (exact) mass is 333 g/mol. The van der Waals surface area contributed by atoms with E-state index in [2.05, 4.69) is 10.3 Å². The molecule has 0 aliphatic heterocycles. The first kappa shape index (κ1) is 17.3. The molecule has 8 heteroatoms. The average molecular weight is 333 g/mol. The van der Waals surface area contributed by atoms with Gasteiger partial charge < -0.3 is 10.1 Å². The Morgan fingerprint density at radius 3 is 2.75 bits per heavy atom. The van der Waals surface area contributed by atoms with Crippen LogP contribution < -0.4 is 10.1 Å². The second kappa shape index (κ2) is 7.49. The lowest BCUT2D eigenvalue weighted by atomic mass is 10.1. The summed E-state index contributed by atoms with van der Waals surface area (Å²) in [5.41, 5.74) is 0.0679. The summed E-state index contributed by atoms with van der Waals surface area (Å²) >= 11 is 0. The van der Waals surface area contributed by atoms with Gasteiger partial charge in [0.15, 0.2) is 0 Å². The van der Waals surface area contributed by atoms with Crippen molar-refractivity contribution in [3.05, 3.63) is 63.6 Å². The molecule has 1 heterocycles. The highest BCUT2D eigenvalue weighted by Gasteiger charge is 2.16. The summed E-state index contributed by atoms with van der Waals surface area (Å²) in [6, 6.07) is 6.25. The van der Waals surface area contributed by atoms with Gasteiger partial charge >= 0.3 is 0 Å². The lowest BCUT2D eigenvalue weighted by Gasteiger charge is -2.10. The number of pyridine rings is 1. The largest absolute Gasteiger partial charge is 0.475 e. The first-order valence-corrected chi connectivity index (χ1v) is 7.20. The van der Waals surface area contributed by atoms with E-state index in [0.29, 0.717) is 5.88 Å². The minimum Gasteiger partial charge on any atom is -0.475 e. The molecule has 2 aromatic rings. The molecule has 0 fully saturated rings. The van der Waals surface area contributed by atoms with Gasteiger partial charge in [-0.15, -0.1) is 0 Å². The Morgan fingerprint density at radius 1 is 1.38 bits per heavy atom. The van der Waals surface area contributed by atoms with Crippen LogP contribution in [0, 0.1) is 15.9 Å². The summed E-state index contributed by atoms with van der Waals surface area (Å²) in [4.78, 5) is 25.9. The number of rotatable bonds is 6. The highest BCUT2D eigenvalue weighted by molar-refractivity contribution is 5.94. The van der Waals surface area contributed by atoms with Gasteiger partial charge in [-0.1, -0.05) is 0 Å². The molecule has 0 radical (unpaired) electrons. The number of hydrogen-bond donors (Lipinski definition) is 1. The van der Waals surface area contributed by atoms with Crippen LogP contribution in [0.25, 0.3) is 0 Å². The van der Waals surface area contributed by atoms with Gasteiger partial charge in [0.2, 0.25) is 5.88 Å². The molecule has 0 bridgehead atoms. The zero-order valence-corrected chi connectivity index (χ0v) is 13.2. The average Bonchev–Trinajstić information content (AvgIpc) is 2.52. The van der Waals surface area contributed by atoms with E-state index in [9.17, 15) is 19.3 Å². The summed E-state index contributed by atoms with van der Waals surface area (Å²) in [6.45, 7) is 3.88. The second-order valence-corrected chi connectivity index (χ2v) is 5.27. The minimum atomic E-state index is -0.944. The van der Waals surface area contributed by atoms with Gasteiger partial charge in [-0.05, 0) is 31.5 Å². The Balaban J connectivity index is 2.04. The van der Waals surface area contributed by atoms with Crippen LogP contribution in [-0.2, 0) is 6.54 Å². The van der Waals surface area contributed by atoms with E-state index in [1.165, 1.54) is 0 Å². The zero-order valence-electron chi connectivity index (χ0n) is 13.2. The third-order valence-electron chi connectivity index (χ3n) is 3.02. The molecule has 1 N–H and O–H groups in total. The van der Waals surface area contributed by atoms with E-state index in [1.807, 2.05) is 13.8 Å². The van der Waals surface area contributed by atoms with Crippen molar-refractivity contribution in [3.8, 4) is 5.88 Å². The lowest BCUT2D eigenvalue weighted by Crippen LogP contribution is -2.24. The molecule has 24 heavy (non-hydrogen) atoms. The summed E-state index contributed by atoms with van der Waals surface area (Å²) in [7, 11) is 0. The number of nitro benzene ring substituents is 1. The fourth-order valence-corrected chi connectivity index (χ4v) is 1.95. The Labute approximate surface area is 137 Å². The Morgan fingerprint density at radius 2 is 2.12 bits per heavy atom. The molecule has 126 valence electrons. The molecule has 0 unspecified atom stereocenters. The quantitative estimate of drug-likeness (QED) is 0.648. The third kappa shape index (κ3) is 4.48. The lowest BCUT2D eigenvalue weighted by molar-refractivity contribution is -0.385. The topological polar surface area (TPSA) is 94.4 Å². The third-order valence-corrected chi connectivity index (χ3v) is 3.02. The molecule has 7 nitrogen and oxygen atoms in total. The van der Waals surface area contributed by atoms with Crippen LogP contribution in [0.3, 0.4) is 0 Å². The molecular weight excluding hydrogens is 317 g/mol. The van der Waals surface area contributed by atoms with E-state index in [4.69, 9.17) is 4.74 Å². The highest BCUT2D eigenvalue weighted by Crippen LogP contribution is 2.17.